The third kappa shape index (κ3) is 5.49. The van der Waals surface area contributed by atoms with Crippen LogP contribution in [0.3, 0.4) is 0 Å². The van der Waals surface area contributed by atoms with Crippen molar-refractivity contribution >= 4 is 23.4 Å². The Bertz CT molecular complexity index is 883. The lowest BCUT2D eigenvalue weighted by atomic mass is 9.94. The molecule has 180 valence electrons. The summed E-state index contributed by atoms with van der Waals surface area (Å²) in [5.74, 6) is 0.417. The number of ether oxygens (including phenoxy) is 2. The number of nitrogens with zero attached hydrogens (tertiary/aromatic N) is 2. The quantitative estimate of drug-likeness (QED) is 0.734. The molecule has 0 unspecified atom stereocenters. The molecular weight excluding hydrogens is 422 g/mol. The monoisotopic (exact) mass is 457 g/mol. The fourth-order valence-electron chi connectivity index (χ4n) is 5.02. The van der Waals surface area contributed by atoms with Gasteiger partial charge in [-0.2, -0.15) is 0 Å². The second-order valence-corrected chi connectivity index (χ2v) is 9.32. The Morgan fingerprint density at radius 1 is 1.15 bits per heavy atom. The molecule has 3 aliphatic heterocycles. The van der Waals surface area contributed by atoms with Crippen LogP contribution in [0.25, 0.3) is 0 Å². The number of piperidine rings is 1. The minimum absolute atomic E-state index is 0.0732. The summed E-state index contributed by atoms with van der Waals surface area (Å²) in [6.07, 6.45) is 5.98. The van der Waals surface area contributed by atoms with Crippen LogP contribution in [0, 0.1) is 0 Å². The van der Waals surface area contributed by atoms with E-state index in [4.69, 9.17) is 9.47 Å². The Balaban J connectivity index is 1.43. The first-order valence-corrected chi connectivity index (χ1v) is 12.2. The molecule has 0 spiro atoms. The molecule has 0 saturated carbocycles. The molecule has 1 aromatic rings. The molecule has 8 heteroatoms. The van der Waals surface area contributed by atoms with Crippen LogP contribution in [0.2, 0.25) is 0 Å². The van der Waals surface area contributed by atoms with Gasteiger partial charge in [0.15, 0.2) is 0 Å². The summed E-state index contributed by atoms with van der Waals surface area (Å²) >= 11 is 0. The number of amides is 3. The summed E-state index contributed by atoms with van der Waals surface area (Å²) in [6.45, 7) is 3.94. The number of rotatable bonds is 5. The van der Waals surface area contributed by atoms with Gasteiger partial charge in [-0.15, -0.1) is 0 Å². The van der Waals surface area contributed by atoms with Gasteiger partial charge >= 0.3 is 0 Å². The van der Waals surface area contributed by atoms with Gasteiger partial charge in [0, 0.05) is 32.2 Å². The molecule has 3 atom stereocenters. The first-order valence-electron chi connectivity index (χ1n) is 12.2. The molecule has 3 heterocycles. The maximum absolute atomic E-state index is 13.3. The SMILES string of the molecule is CCCC(=O)Nc1ccc2c(c1)C(=O)N(C)[C@H]1CC[C@H](CC(=O)N3CCCCC3)O[C@@H]1CO2. The Kier molecular flexibility index (Phi) is 7.53. The van der Waals surface area contributed by atoms with Crippen molar-refractivity contribution in [2.24, 2.45) is 0 Å². The number of likely N-dealkylation sites (tertiary alicyclic amines) is 1. The Morgan fingerprint density at radius 3 is 2.70 bits per heavy atom. The van der Waals surface area contributed by atoms with E-state index in [9.17, 15) is 14.4 Å². The number of carbonyl (C=O) groups excluding carboxylic acids is 3. The number of anilines is 1. The highest BCUT2D eigenvalue weighted by Crippen LogP contribution is 2.32. The average molecular weight is 458 g/mol. The van der Waals surface area contributed by atoms with Crippen LogP contribution in [-0.2, 0) is 14.3 Å². The Labute approximate surface area is 195 Å². The number of nitrogens with one attached hydrogen (secondary N) is 1. The van der Waals surface area contributed by atoms with E-state index < -0.39 is 0 Å². The van der Waals surface area contributed by atoms with Crippen LogP contribution in [0.4, 0.5) is 5.69 Å². The molecule has 8 nitrogen and oxygen atoms in total. The van der Waals surface area contributed by atoms with Crippen LogP contribution >= 0.6 is 0 Å². The largest absolute Gasteiger partial charge is 0.490 e. The van der Waals surface area contributed by atoms with Gasteiger partial charge < -0.3 is 24.6 Å². The molecule has 3 aliphatic rings. The smallest absolute Gasteiger partial charge is 0.257 e. The van der Waals surface area contributed by atoms with Gasteiger partial charge in [0.2, 0.25) is 11.8 Å². The van der Waals surface area contributed by atoms with Gasteiger partial charge in [-0.1, -0.05) is 6.92 Å². The minimum atomic E-state index is -0.288. The summed E-state index contributed by atoms with van der Waals surface area (Å²) in [7, 11) is 1.79. The molecule has 33 heavy (non-hydrogen) atoms. The molecule has 4 rings (SSSR count). The maximum Gasteiger partial charge on any atom is 0.257 e. The van der Waals surface area contributed by atoms with E-state index in [1.807, 2.05) is 11.8 Å². The van der Waals surface area contributed by atoms with Gasteiger partial charge in [0.05, 0.1) is 24.1 Å². The van der Waals surface area contributed by atoms with Gasteiger partial charge in [0.25, 0.3) is 5.91 Å². The lowest BCUT2D eigenvalue weighted by Crippen LogP contribution is -2.54. The number of hydrogen-bond acceptors (Lipinski definition) is 5. The summed E-state index contributed by atoms with van der Waals surface area (Å²) in [5, 5.41) is 2.85. The van der Waals surface area contributed by atoms with E-state index in [1.54, 1.807) is 30.1 Å². The van der Waals surface area contributed by atoms with E-state index in [1.165, 1.54) is 6.42 Å². The topological polar surface area (TPSA) is 88.2 Å². The fourth-order valence-corrected chi connectivity index (χ4v) is 5.02. The number of benzene rings is 1. The standard InChI is InChI=1S/C25H35N3O5/c1-3-7-23(29)26-17-8-11-21-19(14-17)25(31)27(2)20-10-9-18(33-22(20)16-32-21)15-24(30)28-12-5-4-6-13-28/h8,11,14,18,20,22H,3-7,9-10,12-13,15-16H2,1-2H3,(H,26,29)/t18-,20+,22-/m1/s1. The zero-order valence-corrected chi connectivity index (χ0v) is 19.7. The molecule has 1 N–H and O–H groups in total. The molecule has 0 radical (unpaired) electrons. The van der Waals surface area contributed by atoms with Gasteiger partial charge in [0.1, 0.15) is 18.5 Å². The molecule has 2 saturated heterocycles. The van der Waals surface area contributed by atoms with Crippen LogP contribution in [0.5, 0.6) is 5.75 Å². The highest BCUT2D eigenvalue weighted by molar-refractivity contribution is 5.99. The van der Waals surface area contributed by atoms with Crippen molar-refractivity contribution in [1.82, 2.24) is 9.80 Å². The molecule has 0 aliphatic carbocycles. The number of hydrogen-bond donors (Lipinski definition) is 1. The van der Waals surface area contributed by atoms with Crippen LogP contribution in [0.1, 0.15) is 68.6 Å². The summed E-state index contributed by atoms with van der Waals surface area (Å²) < 4.78 is 12.3. The molecule has 0 bridgehead atoms. The summed E-state index contributed by atoms with van der Waals surface area (Å²) in [4.78, 5) is 41.6. The van der Waals surface area contributed by atoms with Crippen molar-refractivity contribution in [2.45, 2.75) is 76.5 Å². The Hall–Kier alpha value is -2.61. The number of likely N-dealkylation sites (N-methyl/N-ethyl adjacent to an activating group) is 1. The van der Waals surface area contributed by atoms with Crippen molar-refractivity contribution in [3.05, 3.63) is 23.8 Å². The predicted octanol–water partition coefficient (Wildman–Crippen LogP) is 3.21. The van der Waals surface area contributed by atoms with Crippen LogP contribution < -0.4 is 10.1 Å². The second-order valence-electron chi connectivity index (χ2n) is 9.32. The minimum Gasteiger partial charge on any atom is -0.490 e. The van der Waals surface area contributed by atoms with Gasteiger partial charge in [-0.05, 0) is 56.7 Å². The van der Waals surface area contributed by atoms with Crippen molar-refractivity contribution in [2.75, 3.05) is 32.1 Å². The van der Waals surface area contributed by atoms with Crippen LogP contribution in [0.15, 0.2) is 18.2 Å². The summed E-state index contributed by atoms with van der Waals surface area (Å²) in [6, 6.07) is 5.04. The highest BCUT2D eigenvalue weighted by Gasteiger charge is 2.39. The molecule has 3 amide bonds. The first-order chi connectivity index (χ1) is 16.0. The average Bonchev–Trinajstić information content (AvgIpc) is 2.82. The maximum atomic E-state index is 13.3. The number of carbonyl (C=O) groups is 3. The lowest BCUT2D eigenvalue weighted by Gasteiger charge is -2.42. The molecule has 0 aromatic heterocycles. The number of fused-ring (bicyclic) bond motifs is 2. The molecule has 2 fully saturated rings. The van der Waals surface area contributed by atoms with Gasteiger partial charge in [-0.3, -0.25) is 14.4 Å². The van der Waals surface area contributed by atoms with Crippen molar-refractivity contribution < 1.29 is 23.9 Å². The van der Waals surface area contributed by atoms with Crippen LogP contribution in [-0.4, -0.2) is 72.5 Å². The van der Waals surface area contributed by atoms with E-state index in [2.05, 4.69) is 5.32 Å². The second kappa shape index (κ2) is 10.5. The predicted molar refractivity (Wildman–Crippen MR) is 124 cm³/mol. The lowest BCUT2D eigenvalue weighted by molar-refractivity contribution is -0.143. The van der Waals surface area contributed by atoms with E-state index in [-0.39, 0.29) is 36.0 Å². The normalized spacial score (nSPS) is 25.3. The van der Waals surface area contributed by atoms with Crippen molar-refractivity contribution in [3.8, 4) is 5.75 Å². The Morgan fingerprint density at radius 2 is 1.94 bits per heavy atom. The van der Waals surface area contributed by atoms with Gasteiger partial charge in [-0.25, -0.2) is 0 Å². The molecular formula is C25H35N3O5. The van der Waals surface area contributed by atoms with E-state index in [0.717, 1.165) is 45.2 Å². The third-order valence-electron chi connectivity index (χ3n) is 6.88. The zero-order chi connectivity index (χ0) is 23.4. The fraction of sp³-hybridized carbons (Fsp3) is 0.640. The van der Waals surface area contributed by atoms with Crippen molar-refractivity contribution in [1.29, 1.82) is 0 Å². The highest BCUT2D eigenvalue weighted by atomic mass is 16.5. The van der Waals surface area contributed by atoms with Crippen molar-refractivity contribution in [3.63, 3.8) is 0 Å². The molecule has 1 aromatic carbocycles. The third-order valence-corrected chi connectivity index (χ3v) is 6.88. The van der Waals surface area contributed by atoms with E-state index >= 15 is 0 Å². The zero-order valence-electron chi connectivity index (χ0n) is 19.7. The first kappa shape index (κ1) is 23.5. The summed E-state index contributed by atoms with van der Waals surface area (Å²) in [5.41, 5.74) is 1.03. The van der Waals surface area contributed by atoms with E-state index in [0.29, 0.717) is 36.4 Å².